The highest BCUT2D eigenvalue weighted by atomic mass is 32.1. The largest absolute Gasteiger partial charge is 0.461 e. The number of hydrogen-bond donors (Lipinski definition) is 1. The van der Waals surface area contributed by atoms with E-state index in [0.717, 1.165) is 18.2 Å². The van der Waals surface area contributed by atoms with E-state index in [1.54, 1.807) is 12.3 Å². The maximum atomic E-state index is 11.4. The summed E-state index contributed by atoms with van der Waals surface area (Å²) in [5, 5.41) is 5.74. The molecule has 1 fully saturated rings. The minimum absolute atomic E-state index is 0.185. The van der Waals surface area contributed by atoms with Crippen LogP contribution in [0.1, 0.15) is 30.8 Å². The molecular weight excluding hydrogens is 240 g/mol. The summed E-state index contributed by atoms with van der Waals surface area (Å²) in [6.45, 7) is 4.95. The van der Waals surface area contributed by atoms with Crippen LogP contribution in [0.15, 0.2) is 5.38 Å². The van der Waals surface area contributed by atoms with Crippen LogP contribution >= 0.6 is 11.3 Å². The Balaban J connectivity index is 1.96. The van der Waals surface area contributed by atoms with Crippen molar-refractivity contribution in [3.8, 4) is 0 Å². The summed E-state index contributed by atoms with van der Waals surface area (Å²) in [7, 11) is 0. The Morgan fingerprint density at radius 3 is 3.24 bits per heavy atom. The molecule has 2 unspecified atom stereocenters. The van der Waals surface area contributed by atoms with Crippen LogP contribution in [0.3, 0.4) is 0 Å². The summed E-state index contributed by atoms with van der Waals surface area (Å²) in [4.78, 5) is 15.6. The monoisotopic (exact) mass is 256 g/mol. The lowest BCUT2D eigenvalue weighted by Gasteiger charge is -2.14. The van der Waals surface area contributed by atoms with Crippen molar-refractivity contribution in [1.29, 1.82) is 0 Å². The van der Waals surface area contributed by atoms with Gasteiger partial charge in [-0.3, -0.25) is 0 Å². The highest BCUT2D eigenvalue weighted by Crippen LogP contribution is 2.22. The summed E-state index contributed by atoms with van der Waals surface area (Å²) in [5.41, 5.74) is 0.367. The third kappa shape index (κ3) is 2.95. The number of rotatable bonds is 4. The topological polar surface area (TPSA) is 60.5 Å². The molecule has 94 valence electrons. The second kappa shape index (κ2) is 5.46. The minimum atomic E-state index is -0.368. The molecule has 6 heteroatoms. The molecule has 0 bridgehead atoms. The third-order valence-electron chi connectivity index (χ3n) is 2.67. The lowest BCUT2D eigenvalue weighted by Crippen LogP contribution is -2.26. The molecule has 1 aromatic rings. The molecule has 1 aromatic heterocycles. The molecular formula is C11H16N2O3S. The van der Waals surface area contributed by atoms with E-state index in [4.69, 9.17) is 9.47 Å². The summed E-state index contributed by atoms with van der Waals surface area (Å²) in [5.74, 6) is -0.368. The Morgan fingerprint density at radius 1 is 1.76 bits per heavy atom. The van der Waals surface area contributed by atoms with Crippen LogP contribution in [0.4, 0.5) is 5.13 Å². The first kappa shape index (κ1) is 12.3. The highest BCUT2D eigenvalue weighted by molar-refractivity contribution is 7.13. The number of carbonyl (C=O) groups is 1. The number of aromatic nitrogens is 1. The maximum Gasteiger partial charge on any atom is 0.357 e. The minimum Gasteiger partial charge on any atom is -0.461 e. The number of hydrogen-bond acceptors (Lipinski definition) is 6. The zero-order valence-corrected chi connectivity index (χ0v) is 10.8. The van der Waals surface area contributed by atoms with Gasteiger partial charge in [-0.2, -0.15) is 0 Å². The van der Waals surface area contributed by atoms with Gasteiger partial charge in [-0.25, -0.2) is 9.78 Å². The van der Waals surface area contributed by atoms with Crippen LogP contribution in [-0.4, -0.2) is 36.3 Å². The zero-order chi connectivity index (χ0) is 12.3. The lowest BCUT2D eigenvalue weighted by atomic mass is 10.2. The molecule has 1 saturated heterocycles. The Bertz CT molecular complexity index is 394. The molecule has 0 spiro atoms. The summed E-state index contributed by atoms with van der Waals surface area (Å²) in [6, 6.07) is 0.274. The van der Waals surface area contributed by atoms with Crippen LogP contribution in [0.25, 0.3) is 0 Å². The number of thiazole rings is 1. The van der Waals surface area contributed by atoms with Crippen molar-refractivity contribution in [2.75, 3.05) is 18.5 Å². The average Bonchev–Trinajstić information content (AvgIpc) is 2.90. The number of nitrogens with zero attached hydrogens (tertiary/aromatic N) is 1. The quantitative estimate of drug-likeness (QED) is 0.834. The van der Waals surface area contributed by atoms with Gasteiger partial charge in [-0.15, -0.1) is 11.3 Å². The van der Waals surface area contributed by atoms with Crippen molar-refractivity contribution in [2.45, 2.75) is 32.4 Å². The molecule has 0 aromatic carbocycles. The summed E-state index contributed by atoms with van der Waals surface area (Å²) >= 11 is 1.41. The number of esters is 1. The van der Waals surface area contributed by atoms with Crippen LogP contribution in [0.2, 0.25) is 0 Å². The first-order chi connectivity index (χ1) is 8.20. The van der Waals surface area contributed by atoms with Crippen LogP contribution in [-0.2, 0) is 9.47 Å². The molecule has 0 amide bonds. The third-order valence-corrected chi connectivity index (χ3v) is 3.45. The van der Waals surface area contributed by atoms with E-state index >= 15 is 0 Å². The Hall–Kier alpha value is -1.14. The van der Waals surface area contributed by atoms with Crippen LogP contribution < -0.4 is 5.32 Å². The predicted molar refractivity (Wildman–Crippen MR) is 65.5 cm³/mol. The van der Waals surface area contributed by atoms with Crippen molar-refractivity contribution in [2.24, 2.45) is 0 Å². The summed E-state index contributed by atoms with van der Waals surface area (Å²) in [6.07, 6.45) is 1.15. The predicted octanol–water partition coefficient (Wildman–Crippen LogP) is 1.91. The maximum absolute atomic E-state index is 11.4. The fourth-order valence-corrected chi connectivity index (χ4v) is 2.46. The molecule has 1 aliphatic heterocycles. The molecule has 0 aliphatic carbocycles. The van der Waals surface area contributed by atoms with Crippen molar-refractivity contribution in [3.05, 3.63) is 11.1 Å². The molecule has 5 nitrogen and oxygen atoms in total. The number of nitrogens with one attached hydrogen (secondary N) is 1. The highest BCUT2D eigenvalue weighted by Gasteiger charge is 2.25. The SMILES string of the molecule is CCOC(=O)c1csc(NC2CCOC2C)n1. The van der Waals surface area contributed by atoms with Gasteiger partial charge in [0.2, 0.25) is 0 Å². The second-order valence-electron chi connectivity index (χ2n) is 3.87. The molecule has 1 aliphatic rings. The molecule has 2 atom stereocenters. The van der Waals surface area contributed by atoms with E-state index in [-0.39, 0.29) is 18.1 Å². The van der Waals surface area contributed by atoms with Gasteiger partial charge >= 0.3 is 5.97 Å². The van der Waals surface area contributed by atoms with Gasteiger partial charge in [-0.1, -0.05) is 0 Å². The van der Waals surface area contributed by atoms with Crippen LogP contribution in [0, 0.1) is 0 Å². The van der Waals surface area contributed by atoms with Gasteiger partial charge in [0.15, 0.2) is 10.8 Å². The van der Waals surface area contributed by atoms with Crippen molar-refractivity contribution < 1.29 is 14.3 Å². The van der Waals surface area contributed by atoms with E-state index in [1.807, 2.05) is 6.92 Å². The van der Waals surface area contributed by atoms with E-state index < -0.39 is 0 Å². The van der Waals surface area contributed by atoms with E-state index in [9.17, 15) is 4.79 Å². The van der Waals surface area contributed by atoms with Crippen molar-refractivity contribution >= 4 is 22.4 Å². The smallest absolute Gasteiger partial charge is 0.357 e. The number of carbonyl (C=O) groups excluding carboxylic acids is 1. The second-order valence-corrected chi connectivity index (χ2v) is 4.73. The normalized spacial score (nSPS) is 23.6. The molecule has 17 heavy (non-hydrogen) atoms. The fourth-order valence-electron chi connectivity index (χ4n) is 1.72. The lowest BCUT2D eigenvalue weighted by molar-refractivity contribution is 0.0520. The zero-order valence-electron chi connectivity index (χ0n) is 9.93. The Kier molecular flexibility index (Phi) is 3.96. The van der Waals surface area contributed by atoms with Crippen LogP contribution in [0.5, 0.6) is 0 Å². The molecule has 1 N–H and O–H groups in total. The average molecular weight is 256 g/mol. The van der Waals surface area contributed by atoms with Crippen molar-refractivity contribution in [3.63, 3.8) is 0 Å². The standard InChI is InChI=1S/C11H16N2O3S/c1-3-15-10(14)9-6-17-11(13-9)12-8-4-5-16-7(8)2/h6-8H,3-5H2,1-2H3,(H,12,13). The first-order valence-corrected chi connectivity index (χ1v) is 6.59. The fraction of sp³-hybridized carbons (Fsp3) is 0.636. The van der Waals surface area contributed by atoms with Gasteiger partial charge in [0.1, 0.15) is 0 Å². The van der Waals surface area contributed by atoms with E-state index in [1.165, 1.54) is 11.3 Å². The number of anilines is 1. The van der Waals surface area contributed by atoms with Gasteiger partial charge in [-0.05, 0) is 20.3 Å². The van der Waals surface area contributed by atoms with Gasteiger partial charge in [0.05, 0.1) is 18.8 Å². The van der Waals surface area contributed by atoms with Gasteiger partial charge in [0.25, 0.3) is 0 Å². The van der Waals surface area contributed by atoms with E-state index in [2.05, 4.69) is 10.3 Å². The van der Waals surface area contributed by atoms with Crippen molar-refractivity contribution in [1.82, 2.24) is 4.98 Å². The molecule has 0 saturated carbocycles. The first-order valence-electron chi connectivity index (χ1n) is 5.71. The number of ether oxygens (including phenoxy) is 2. The Morgan fingerprint density at radius 2 is 2.59 bits per heavy atom. The molecule has 2 rings (SSSR count). The van der Waals surface area contributed by atoms with E-state index in [0.29, 0.717) is 12.3 Å². The van der Waals surface area contributed by atoms with Gasteiger partial charge < -0.3 is 14.8 Å². The van der Waals surface area contributed by atoms with Gasteiger partial charge in [0, 0.05) is 12.0 Å². The molecule has 0 radical (unpaired) electrons. The Labute approximate surface area is 104 Å². The summed E-state index contributed by atoms with van der Waals surface area (Å²) < 4.78 is 10.3. The molecule has 2 heterocycles.